The van der Waals surface area contributed by atoms with E-state index in [9.17, 15) is 13.5 Å². The molecule has 13 heteroatoms. The number of benzene rings is 1. The predicted octanol–water partition coefficient (Wildman–Crippen LogP) is 2.10. The third kappa shape index (κ3) is 5.91. The minimum absolute atomic E-state index is 0.238. The van der Waals surface area contributed by atoms with Gasteiger partial charge in [0.05, 0.1) is 33.9 Å². The van der Waals surface area contributed by atoms with Crippen LogP contribution in [0.4, 0.5) is 11.1 Å². The Balaban J connectivity index is 1.39. The second-order valence-corrected chi connectivity index (χ2v) is 11.7. The lowest BCUT2D eigenvalue weighted by Crippen LogP contribution is -2.40. The van der Waals surface area contributed by atoms with Crippen LogP contribution in [0.5, 0.6) is 0 Å². The molecule has 1 aliphatic heterocycles. The fourth-order valence-electron chi connectivity index (χ4n) is 3.19. The van der Waals surface area contributed by atoms with Gasteiger partial charge in [-0.25, -0.2) is 23.4 Å². The third-order valence-corrected chi connectivity index (χ3v) is 8.63. The first-order valence-electron chi connectivity index (χ1n) is 10.3. The van der Waals surface area contributed by atoms with Crippen LogP contribution in [0.3, 0.4) is 0 Å². The number of anilines is 2. The molecule has 1 fully saturated rings. The van der Waals surface area contributed by atoms with E-state index < -0.39 is 15.6 Å². The maximum absolute atomic E-state index is 12.9. The predicted molar refractivity (Wildman–Crippen MR) is 131 cm³/mol. The number of morpholine rings is 1. The molecule has 1 unspecified atom stereocenters. The van der Waals surface area contributed by atoms with Gasteiger partial charge in [0.1, 0.15) is 0 Å². The summed E-state index contributed by atoms with van der Waals surface area (Å²) >= 11 is 2.90. The van der Waals surface area contributed by atoms with E-state index in [2.05, 4.69) is 25.6 Å². The van der Waals surface area contributed by atoms with Crippen LogP contribution in [0, 0.1) is 0 Å². The molecule has 10 nitrogen and oxygen atoms in total. The van der Waals surface area contributed by atoms with E-state index in [1.807, 2.05) is 6.26 Å². The van der Waals surface area contributed by atoms with E-state index in [0.717, 1.165) is 9.60 Å². The van der Waals surface area contributed by atoms with Crippen LogP contribution in [-0.2, 0) is 14.8 Å². The van der Waals surface area contributed by atoms with Gasteiger partial charge in [0.15, 0.2) is 5.13 Å². The van der Waals surface area contributed by atoms with E-state index in [1.54, 1.807) is 49.3 Å². The molecule has 4 rings (SSSR count). The number of rotatable bonds is 9. The Kier molecular flexibility index (Phi) is 7.36. The first-order chi connectivity index (χ1) is 15.8. The highest BCUT2D eigenvalue weighted by Gasteiger charge is 2.27. The van der Waals surface area contributed by atoms with E-state index >= 15 is 0 Å². The molecule has 0 bridgehead atoms. The van der Waals surface area contributed by atoms with Crippen LogP contribution in [-0.4, -0.2) is 84.0 Å². The SMILES string of the molecule is CSc1cnc(NCC(C)(O)CNc2nc3ccc(S(=O)(=O)N4CCOCC4)cc3s2)nc1. The molecular formula is C20H26N6O4S3. The lowest BCUT2D eigenvalue weighted by Gasteiger charge is -2.25. The first-order valence-corrected chi connectivity index (χ1v) is 13.8. The number of thioether (sulfide) groups is 1. The zero-order valence-corrected chi connectivity index (χ0v) is 20.8. The van der Waals surface area contributed by atoms with Gasteiger partial charge in [-0.05, 0) is 31.4 Å². The maximum Gasteiger partial charge on any atom is 0.243 e. The van der Waals surface area contributed by atoms with Gasteiger partial charge in [-0.3, -0.25) is 0 Å². The molecular weight excluding hydrogens is 484 g/mol. The van der Waals surface area contributed by atoms with Crippen LogP contribution in [0.1, 0.15) is 6.92 Å². The molecule has 0 amide bonds. The van der Waals surface area contributed by atoms with Crippen LogP contribution < -0.4 is 10.6 Å². The van der Waals surface area contributed by atoms with E-state index in [0.29, 0.717) is 42.9 Å². The van der Waals surface area contributed by atoms with Crippen molar-refractivity contribution in [3.05, 3.63) is 30.6 Å². The molecule has 1 aliphatic rings. The van der Waals surface area contributed by atoms with Crippen LogP contribution >= 0.6 is 23.1 Å². The van der Waals surface area contributed by atoms with Crippen molar-refractivity contribution in [1.82, 2.24) is 19.3 Å². The summed E-state index contributed by atoms with van der Waals surface area (Å²) in [6.45, 7) is 3.69. The number of nitrogens with one attached hydrogen (secondary N) is 2. The maximum atomic E-state index is 12.9. The van der Waals surface area contributed by atoms with Crippen molar-refractivity contribution in [3.63, 3.8) is 0 Å². The number of aliphatic hydroxyl groups is 1. The largest absolute Gasteiger partial charge is 0.386 e. The van der Waals surface area contributed by atoms with Crippen molar-refractivity contribution in [3.8, 4) is 0 Å². The minimum Gasteiger partial charge on any atom is -0.386 e. The Morgan fingerprint density at radius 1 is 1.21 bits per heavy atom. The fraction of sp³-hybridized carbons (Fsp3) is 0.450. The number of sulfonamides is 1. The number of aromatic nitrogens is 3. The lowest BCUT2D eigenvalue weighted by molar-refractivity contribution is 0.0730. The van der Waals surface area contributed by atoms with Crippen molar-refractivity contribution in [2.24, 2.45) is 0 Å². The van der Waals surface area contributed by atoms with Crippen molar-refractivity contribution in [1.29, 1.82) is 0 Å². The topological polar surface area (TPSA) is 130 Å². The molecule has 1 aromatic carbocycles. The molecule has 0 radical (unpaired) electrons. The molecule has 1 saturated heterocycles. The van der Waals surface area contributed by atoms with Gasteiger partial charge in [0, 0.05) is 43.5 Å². The average Bonchev–Trinajstić information content (AvgIpc) is 3.25. The number of hydrogen-bond acceptors (Lipinski definition) is 11. The van der Waals surface area contributed by atoms with Gasteiger partial charge < -0.3 is 20.5 Å². The third-order valence-electron chi connectivity index (χ3n) is 5.08. The highest BCUT2D eigenvalue weighted by Crippen LogP contribution is 2.29. The summed E-state index contributed by atoms with van der Waals surface area (Å²) in [4.78, 5) is 14.2. The normalized spacial score (nSPS) is 17.1. The van der Waals surface area contributed by atoms with Gasteiger partial charge in [-0.1, -0.05) is 11.3 Å². The highest BCUT2D eigenvalue weighted by atomic mass is 32.2. The highest BCUT2D eigenvalue weighted by molar-refractivity contribution is 7.98. The van der Waals surface area contributed by atoms with Gasteiger partial charge in [0.2, 0.25) is 16.0 Å². The smallest absolute Gasteiger partial charge is 0.243 e. The summed E-state index contributed by atoms with van der Waals surface area (Å²) in [6.07, 6.45) is 5.40. The molecule has 33 heavy (non-hydrogen) atoms. The fourth-order valence-corrected chi connectivity index (χ4v) is 5.91. The Labute approximate surface area is 200 Å². The molecule has 2 aromatic heterocycles. The zero-order chi connectivity index (χ0) is 23.5. The number of thiazole rings is 1. The molecule has 3 N–H and O–H groups in total. The van der Waals surface area contributed by atoms with Gasteiger partial charge in [-0.2, -0.15) is 4.31 Å². The minimum atomic E-state index is -3.57. The summed E-state index contributed by atoms with van der Waals surface area (Å²) in [5.74, 6) is 0.446. The van der Waals surface area contributed by atoms with E-state index in [1.165, 1.54) is 15.6 Å². The molecule has 0 spiro atoms. The molecule has 0 aliphatic carbocycles. The number of fused-ring (bicyclic) bond motifs is 1. The van der Waals surface area contributed by atoms with Crippen LogP contribution in [0.2, 0.25) is 0 Å². The van der Waals surface area contributed by atoms with Crippen molar-refractivity contribution >= 4 is 54.4 Å². The number of ether oxygens (including phenoxy) is 1. The zero-order valence-electron chi connectivity index (χ0n) is 18.3. The molecule has 3 aromatic rings. The first kappa shape index (κ1) is 24.1. The summed E-state index contributed by atoms with van der Waals surface area (Å²) < 4.78 is 33.3. The average molecular weight is 511 g/mol. The Morgan fingerprint density at radius 3 is 2.61 bits per heavy atom. The molecule has 0 saturated carbocycles. The van der Waals surface area contributed by atoms with Crippen molar-refractivity contribution < 1.29 is 18.3 Å². The summed E-state index contributed by atoms with van der Waals surface area (Å²) in [5.41, 5.74) is -0.395. The van der Waals surface area contributed by atoms with Crippen LogP contribution in [0.15, 0.2) is 40.4 Å². The van der Waals surface area contributed by atoms with E-state index in [4.69, 9.17) is 4.74 Å². The number of hydrogen-bond donors (Lipinski definition) is 3. The standard InChI is InChI=1S/C20H26N6O4S3/c1-20(27,12-23-18-21-10-14(31-2)11-22-18)13-24-19-25-16-4-3-15(9-17(16)32-19)33(28,29)26-5-7-30-8-6-26/h3-4,9-11,27H,5-8,12-13H2,1-2H3,(H,24,25)(H,21,22,23). The van der Waals surface area contributed by atoms with Gasteiger partial charge in [0.25, 0.3) is 0 Å². The Hall–Kier alpha value is -2.03. The monoisotopic (exact) mass is 510 g/mol. The summed E-state index contributed by atoms with van der Waals surface area (Å²) in [7, 11) is -3.57. The van der Waals surface area contributed by atoms with Crippen molar-refractivity contribution in [2.45, 2.75) is 22.3 Å². The molecule has 3 heterocycles. The second kappa shape index (κ2) is 10.1. The quantitative estimate of drug-likeness (QED) is 0.368. The second-order valence-electron chi connectivity index (χ2n) is 7.82. The van der Waals surface area contributed by atoms with Crippen LogP contribution in [0.25, 0.3) is 10.2 Å². The molecule has 178 valence electrons. The van der Waals surface area contributed by atoms with Gasteiger partial charge >= 0.3 is 0 Å². The van der Waals surface area contributed by atoms with E-state index in [-0.39, 0.29) is 18.0 Å². The Morgan fingerprint density at radius 2 is 1.91 bits per heavy atom. The lowest BCUT2D eigenvalue weighted by atomic mass is 10.1. The summed E-state index contributed by atoms with van der Waals surface area (Å²) in [6, 6.07) is 4.94. The Bertz CT molecular complexity index is 1190. The van der Waals surface area contributed by atoms with Gasteiger partial charge in [-0.15, -0.1) is 11.8 Å². The molecule has 1 atom stereocenters. The summed E-state index contributed by atoms with van der Waals surface area (Å²) in [5, 5.41) is 17.5. The number of nitrogens with zero attached hydrogens (tertiary/aromatic N) is 4. The van der Waals surface area contributed by atoms with Crippen molar-refractivity contribution in [2.75, 3.05) is 56.3 Å².